The Morgan fingerprint density at radius 1 is 1.55 bits per heavy atom. The lowest BCUT2D eigenvalue weighted by molar-refractivity contribution is -0.130. The van der Waals surface area contributed by atoms with Crippen molar-refractivity contribution in [2.45, 2.75) is 38.3 Å². The molecular formula is C15H20ClFN2O. The van der Waals surface area contributed by atoms with Crippen molar-refractivity contribution in [3.05, 3.63) is 34.6 Å². The molecule has 1 amide bonds. The summed E-state index contributed by atoms with van der Waals surface area (Å²) in [6.45, 7) is 1.25. The molecule has 1 N–H and O–H groups in total. The molecule has 20 heavy (non-hydrogen) atoms. The van der Waals surface area contributed by atoms with Crippen LogP contribution >= 0.6 is 11.6 Å². The molecule has 1 fully saturated rings. The van der Waals surface area contributed by atoms with E-state index in [0.29, 0.717) is 23.0 Å². The molecule has 3 nitrogen and oxygen atoms in total. The molecule has 110 valence electrons. The molecule has 1 heterocycles. The molecule has 0 aliphatic carbocycles. The van der Waals surface area contributed by atoms with Crippen molar-refractivity contribution in [1.82, 2.24) is 10.2 Å². The molecule has 1 aliphatic rings. The molecule has 0 aromatic heterocycles. The van der Waals surface area contributed by atoms with Crippen molar-refractivity contribution < 1.29 is 9.18 Å². The standard InChI is InChI=1S/C15H20ClFN2O/c1-19(10-12-13(16)5-2-6-14(12)17)15(20)8-7-11-4-3-9-18-11/h2,5-6,11,18H,3-4,7-10H2,1H3. The van der Waals surface area contributed by atoms with Gasteiger partial charge in [0.25, 0.3) is 0 Å². The first kappa shape index (κ1) is 15.3. The van der Waals surface area contributed by atoms with Gasteiger partial charge < -0.3 is 10.2 Å². The van der Waals surface area contributed by atoms with Crippen LogP contribution in [0, 0.1) is 5.82 Å². The SMILES string of the molecule is CN(Cc1c(F)cccc1Cl)C(=O)CCC1CCCN1. The van der Waals surface area contributed by atoms with Crippen molar-refractivity contribution in [3.8, 4) is 0 Å². The largest absolute Gasteiger partial charge is 0.341 e. The van der Waals surface area contributed by atoms with Crippen LogP contribution < -0.4 is 5.32 Å². The van der Waals surface area contributed by atoms with E-state index in [2.05, 4.69) is 5.32 Å². The third-order valence-corrected chi connectivity index (χ3v) is 4.11. The van der Waals surface area contributed by atoms with Crippen LogP contribution in [0.4, 0.5) is 4.39 Å². The van der Waals surface area contributed by atoms with Gasteiger partial charge in [-0.15, -0.1) is 0 Å². The molecule has 0 spiro atoms. The average molecular weight is 299 g/mol. The van der Waals surface area contributed by atoms with E-state index >= 15 is 0 Å². The quantitative estimate of drug-likeness (QED) is 0.906. The van der Waals surface area contributed by atoms with Gasteiger partial charge in [0.15, 0.2) is 0 Å². The zero-order chi connectivity index (χ0) is 14.5. The van der Waals surface area contributed by atoms with Gasteiger partial charge in [-0.3, -0.25) is 4.79 Å². The normalized spacial score (nSPS) is 18.2. The minimum absolute atomic E-state index is 0.0259. The van der Waals surface area contributed by atoms with Gasteiger partial charge in [0.1, 0.15) is 5.82 Å². The predicted molar refractivity (Wildman–Crippen MR) is 78.1 cm³/mol. The second kappa shape index (κ2) is 7.04. The highest BCUT2D eigenvalue weighted by molar-refractivity contribution is 6.31. The third-order valence-electron chi connectivity index (χ3n) is 3.75. The van der Waals surface area contributed by atoms with E-state index in [1.54, 1.807) is 24.1 Å². The van der Waals surface area contributed by atoms with Crippen LogP contribution in [0.15, 0.2) is 18.2 Å². The molecule has 1 aliphatic heterocycles. The summed E-state index contributed by atoms with van der Waals surface area (Å²) in [4.78, 5) is 13.6. The number of hydrogen-bond donors (Lipinski definition) is 1. The van der Waals surface area contributed by atoms with Crippen LogP contribution in [0.25, 0.3) is 0 Å². The van der Waals surface area contributed by atoms with Crippen molar-refractivity contribution in [1.29, 1.82) is 0 Å². The fourth-order valence-corrected chi connectivity index (χ4v) is 2.72. The Morgan fingerprint density at radius 3 is 3.00 bits per heavy atom. The Bertz CT molecular complexity index is 455. The summed E-state index contributed by atoms with van der Waals surface area (Å²) in [5, 5.41) is 3.73. The second-order valence-corrected chi connectivity index (χ2v) is 5.69. The van der Waals surface area contributed by atoms with E-state index < -0.39 is 0 Å². The van der Waals surface area contributed by atoms with E-state index in [4.69, 9.17) is 11.6 Å². The summed E-state index contributed by atoms with van der Waals surface area (Å²) >= 11 is 5.97. The van der Waals surface area contributed by atoms with Crippen LogP contribution in [0.2, 0.25) is 5.02 Å². The molecule has 1 unspecified atom stereocenters. The van der Waals surface area contributed by atoms with E-state index in [1.165, 1.54) is 12.5 Å². The van der Waals surface area contributed by atoms with Crippen molar-refractivity contribution in [2.75, 3.05) is 13.6 Å². The lowest BCUT2D eigenvalue weighted by Crippen LogP contribution is -2.29. The first-order valence-electron chi connectivity index (χ1n) is 6.98. The summed E-state index contributed by atoms with van der Waals surface area (Å²) in [5.41, 5.74) is 0.379. The fourth-order valence-electron chi connectivity index (χ4n) is 2.50. The number of nitrogens with zero attached hydrogens (tertiary/aromatic N) is 1. The maximum Gasteiger partial charge on any atom is 0.222 e. The van der Waals surface area contributed by atoms with Gasteiger partial charge in [0.05, 0.1) is 0 Å². The highest BCUT2D eigenvalue weighted by Crippen LogP contribution is 2.21. The van der Waals surface area contributed by atoms with Crippen molar-refractivity contribution in [2.24, 2.45) is 0 Å². The monoisotopic (exact) mass is 298 g/mol. The molecule has 1 atom stereocenters. The number of carbonyl (C=O) groups excluding carboxylic acids is 1. The maximum atomic E-state index is 13.7. The van der Waals surface area contributed by atoms with Crippen LogP contribution in [-0.2, 0) is 11.3 Å². The summed E-state index contributed by atoms with van der Waals surface area (Å²) in [6.07, 6.45) is 3.64. The predicted octanol–water partition coefficient (Wildman–Crippen LogP) is 2.97. The summed E-state index contributed by atoms with van der Waals surface area (Å²) in [6, 6.07) is 5.02. The van der Waals surface area contributed by atoms with Crippen molar-refractivity contribution in [3.63, 3.8) is 0 Å². The Labute approximate surface area is 124 Å². The maximum absolute atomic E-state index is 13.7. The van der Waals surface area contributed by atoms with Gasteiger partial charge >= 0.3 is 0 Å². The number of nitrogens with one attached hydrogen (secondary N) is 1. The Balaban J connectivity index is 1.87. The minimum Gasteiger partial charge on any atom is -0.341 e. The molecule has 0 radical (unpaired) electrons. The lowest BCUT2D eigenvalue weighted by atomic mass is 10.1. The summed E-state index contributed by atoms with van der Waals surface area (Å²) < 4.78 is 13.7. The van der Waals surface area contributed by atoms with Gasteiger partial charge in [0, 0.05) is 36.6 Å². The number of carbonyl (C=O) groups is 1. The number of halogens is 2. The topological polar surface area (TPSA) is 32.3 Å². The number of hydrogen-bond acceptors (Lipinski definition) is 2. The molecular weight excluding hydrogens is 279 g/mol. The van der Waals surface area contributed by atoms with Gasteiger partial charge in [-0.05, 0) is 37.9 Å². The zero-order valence-electron chi connectivity index (χ0n) is 11.7. The molecule has 1 aromatic rings. The molecule has 0 saturated carbocycles. The van der Waals surface area contributed by atoms with Gasteiger partial charge in [-0.1, -0.05) is 17.7 Å². The Kier molecular flexibility index (Phi) is 5.38. The molecule has 1 aromatic carbocycles. The molecule has 2 rings (SSSR count). The van der Waals surface area contributed by atoms with E-state index in [0.717, 1.165) is 19.4 Å². The van der Waals surface area contributed by atoms with Crippen LogP contribution in [0.3, 0.4) is 0 Å². The third kappa shape index (κ3) is 3.93. The Morgan fingerprint density at radius 2 is 2.35 bits per heavy atom. The minimum atomic E-state index is -0.366. The first-order valence-corrected chi connectivity index (χ1v) is 7.36. The summed E-state index contributed by atoms with van der Waals surface area (Å²) in [5.74, 6) is -0.340. The second-order valence-electron chi connectivity index (χ2n) is 5.28. The lowest BCUT2D eigenvalue weighted by Gasteiger charge is -2.19. The molecule has 0 bridgehead atoms. The smallest absolute Gasteiger partial charge is 0.222 e. The van der Waals surface area contributed by atoms with E-state index in [1.807, 2.05) is 0 Å². The number of rotatable bonds is 5. The van der Waals surface area contributed by atoms with Crippen molar-refractivity contribution >= 4 is 17.5 Å². The highest BCUT2D eigenvalue weighted by Gasteiger charge is 2.18. The fraction of sp³-hybridized carbons (Fsp3) is 0.533. The number of benzene rings is 1. The van der Waals surface area contributed by atoms with Gasteiger partial charge in [0.2, 0.25) is 5.91 Å². The highest BCUT2D eigenvalue weighted by atomic mass is 35.5. The van der Waals surface area contributed by atoms with Crippen LogP contribution in [-0.4, -0.2) is 30.4 Å². The number of amides is 1. The molecule has 1 saturated heterocycles. The summed E-state index contributed by atoms with van der Waals surface area (Å²) in [7, 11) is 1.69. The average Bonchev–Trinajstić information content (AvgIpc) is 2.93. The van der Waals surface area contributed by atoms with Gasteiger partial charge in [-0.2, -0.15) is 0 Å². The van der Waals surface area contributed by atoms with E-state index in [-0.39, 0.29) is 18.3 Å². The molecule has 5 heteroatoms. The zero-order valence-corrected chi connectivity index (χ0v) is 12.4. The van der Waals surface area contributed by atoms with Crippen LogP contribution in [0.1, 0.15) is 31.2 Å². The van der Waals surface area contributed by atoms with Gasteiger partial charge in [-0.25, -0.2) is 4.39 Å². The van der Waals surface area contributed by atoms with E-state index in [9.17, 15) is 9.18 Å². The van der Waals surface area contributed by atoms with Crippen LogP contribution in [0.5, 0.6) is 0 Å². The first-order chi connectivity index (χ1) is 9.58. The Hall–Kier alpha value is -1.13.